The zero-order chi connectivity index (χ0) is 19.8. The van der Waals surface area contributed by atoms with Crippen LogP contribution in [0.15, 0.2) is 54.6 Å². The topological polar surface area (TPSA) is 96.7 Å². The van der Waals surface area contributed by atoms with Gasteiger partial charge in [-0.1, -0.05) is 36.8 Å². The SMILES string of the molecule is NC(=O)N[C@@H](CC(=O)NN1CCCCC1)c1cccc(Oc2ccccc2)c1. The van der Waals surface area contributed by atoms with Gasteiger partial charge in [0.15, 0.2) is 0 Å². The Labute approximate surface area is 164 Å². The number of piperidine rings is 1. The number of hydrogen-bond acceptors (Lipinski definition) is 4. The number of carbonyl (C=O) groups is 2. The second kappa shape index (κ2) is 9.75. The van der Waals surface area contributed by atoms with Crippen LogP contribution in [0.3, 0.4) is 0 Å². The maximum atomic E-state index is 12.5. The van der Waals surface area contributed by atoms with Crippen LogP contribution in [0, 0.1) is 0 Å². The van der Waals surface area contributed by atoms with E-state index >= 15 is 0 Å². The summed E-state index contributed by atoms with van der Waals surface area (Å²) in [7, 11) is 0. The average molecular weight is 382 g/mol. The second-order valence-corrected chi connectivity index (χ2v) is 6.84. The van der Waals surface area contributed by atoms with Crippen molar-refractivity contribution in [3.63, 3.8) is 0 Å². The monoisotopic (exact) mass is 382 g/mol. The fourth-order valence-electron chi connectivity index (χ4n) is 3.26. The molecule has 0 bridgehead atoms. The Morgan fingerprint density at radius 3 is 2.43 bits per heavy atom. The molecule has 0 saturated carbocycles. The van der Waals surface area contributed by atoms with Crippen LogP contribution in [0.4, 0.5) is 4.79 Å². The lowest BCUT2D eigenvalue weighted by Crippen LogP contribution is -2.46. The van der Waals surface area contributed by atoms with Crippen LogP contribution in [0.2, 0.25) is 0 Å². The predicted octanol–water partition coefficient (Wildman–Crippen LogP) is 3.10. The molecule has 2 aromatic rings. The number of ether oxygens (including phenoxy) is 1. The van der Waals surface area contributed by atoms with Gasteiger partial charge < -0.3 is 15.8 Å². The van der Waals surface area contributed by atoms with Crippen molar-refractivity contribution < 1.29 is 14.3 Å². The summed E-state index contributed by atoms with van der Waals surface area (Å²) in [6.07, 6.45) is 3.42. The largest absolute Gasteiger partial charge is 0.457 e. The molecule has 28 heavy (non-hydrogen) atoms. The maximum absolute atomic E-state index is 12.5. The minimum Gasteiger partial charge on any atom is -0.457 e. The number of benzene rings is 2. The van der Waals surface area contributed by atoms with Crippen molar-refractivity contribution in [1.82, 2.24) is 15.8 Å². The lowest BCUT2D eigenvalue weighted by molar-refractivity contribution is -0.126. The summed E-state index contributed by atoms with van der Waals surface area (Å²) in [5.74, 6) is 1.17. The third kappa shape index (κ3) is 5.99. The summed E-state index contributed by atoms with van der Waals surface area (Å²) in [6.45, 7) is 1.69. The zero-order valence-corrected chi connectivity index (χ0v) is 15.8. The number of amides is 3. The number of carbonyl (C=O) groups excluding carboxylic acids is 2. The molecule has 0 unspecified atom stereocenters. The van der Waals surface area contributed by atoms with Crippen molar-refractivity contribution in [1.29, 1.82) is 0 Å². The van der Waals surface area contributed by atoms with Crippen molar-refractivity contribution in [2.75, 3.05) is 13.1 Å². The molecule has 0 aliphatic carbocycles. The van der Waals surface area contributed by atoms with Gasteiger partial charge in [-0.25, -0.2) is 9.80 Å². The van der Waals surface area contributed by atoms with Crippen LogP contribution < -0.4 is 21.2 Å². The van der Waals surface area contributed by atoms with E-state index in [1.54, 1.807) is 0 Å². The molecule has 3 amide bonds. The summed E-state index contributed by atoms with van der Waals surface area (Å²) in [6, 6.07) is 15.5. The first-order chi connectivity index (χ1) is 13.6. The van der Waals surface area contributed by atoms with Gasteiger partial charge in [0.05, 0.1) is 12.5 Å². The highest BCUT2D eigenvalue weighted by atomic mass is 16.5. The Bertz CT molecular complexity index is 791. The number of rotatable bonds is 7. The number of nitrogens with one attached hydrogen (secondary N) is 2. The Morgan fingerprint density at radius 2 is 1.71 bits per heavy atom. The van der Waals surface area contributed by atoms with Crippen molar-refractivity contribution >= 4 is 11.9 Å². The molecule has 1 saturated heterocycles. The van der Waals surface area contributed by atoms with E-state index in [0.717, 1.165) is 31.5 Å². The molecule has 2 aromatic carbocycles. The number of para-hydroxylation sites is 1. The van der Waals surface area contributed by atoms with Crippen LogP contribution in [-0.4, -0.2) is 30.0 Å². The fourth-order valence-corrected chi connectivity index (χ4v) is 3.26. The first kappa shape index (κ1) is 19.7. The van der Waals surface area contributed by atoms with E-state index in [1.165, 1.54) is 6.42 Å². The molecule has 1 heterocycles. The number of primary amides is 1. The van der Waals surface area contributed by atoms with E-state index in [-0.39, 0.29) is 12.3 Å². The van der Waals surface area contributed by atoms with E-state index in [1.807, 2.05) is 59.6 Å². The molecule has 7 heteroatoms. The van der Waals surface area contributed by atoms with Crippen molar-refractivity contribution in [3.8, 4) is 11.5 Å². The number of nitrogens with two attached hydrogens (primary N) is 1. The molecule has 1 aliphatic heterocycles. The van der Waals surface area contributed by atoms with Gasteiger partial charge in [-0.05, 0) is 42.7 Å². The highest BCUT2D eigenvalue weighted by molar-refractivity contribution is 5.78. The predicted molar refractivity (Wildman–Crippen MR) is 107 cm³/mol. The molecule has 3 rings (SSSR count). The summed E-state index contributed by atoms with van der Waals surface area (Å²) in [5, 5.41) is 4.59. The van der Waals surface area contributed by atoms with E-state index in [4.69, 9.17) is 10.5 Å². The van der Waals surface area contributed by atoms with Crippen molar-refractivity contribution in [2.24, 2.45) is 5.73 Å². The lowest BCUT2D eigenvalue weighted by atomic mass is 10.0. The summed E-state index contributed by atoms with van der Waals surface area (Å²) >= 11 is 0. The van der Waals surface area contributed by atoms with Gasteiger partial charge in [0, 0.05) is 13.1 Å². The lowest BCUT2D eigenvalue weighted by Gasteiger charge is -2.28. The number of hydrazine groups is 1. The summed E-state index contributed by atoms with van der Waals surface area (Å²) in [5.41, 5.74) is 9.00. The molecule has 0 aromatic heterocycles. The smallest absolute Gasteiger partial charge is 0.312 e. The molecule has 4 N–H and O–H groups in total. The minimum absolute atomic E-state index is 0.0915. The van der Waals surface area contributed by atoms with Crippen molar-refractivity contribution in [2.45, 2.75) is 31.7 Å². The van der Waals surface area contributed by atoms with Gasteiger partial charge in [0.25, 0.3) is 0 Å². The van der Waals surface area contributed by atoms with E-state index < -0.39 is 12.1 Å². The molecule has 0 radical (unpaired) electrons. The zero-order valence-electron chi connectivity index (χ0n) is 15.8. The minimum atomic E-state index is -0.676. The van der Waals surface area contributed by atoms with Gasteiger partial charge in [0.2, 0.25) is 5.91 Å². The van der Waals surface area contributed by atoms with Crippen LogP contribution in [0.25, 0.3) is 0 Å². The van der Waals surface area contributed by atoms with Gasteiger partial charge in [-0.15, -0.1) is 0 Å². The summed E-state index contributed by atoms with van der Waals surface area (Å²) in [4.78, 5) is 23.9. The molecule has 1 atom stereocenters. The Balaban J connectivity index is 1.69. The third-order valence-electron chi connectivity index (χ3n) is 4.58. The Kier molecular flexibility index (Phi) is 6.86. The molecular formula is C21H26N4O3. The van der Waals surface area contributed by atoms with Crippen LogP contribution in [0.1, 0.15) is 37.3 Å². The molecular weight excluding hydrogens is 356 g/mol. The molecule has 148 valence electrons. The molecule has 7 nitrogen and oxygen atoms in total. The van der Waals surface area contributed by atoms with Gasteiger partial charge in [0.1, 0.15) is 11.5 Å². The summed E-state index contributed by atoms with van der Waals surface area (Å²) < 4.78 is 5.85. The highest BCUT2D eigenvalue weighted by Crippen LogP contribution is 2.26. The van der Waals surface area contributed by atoms with Crippen LogP contribution in [0.5, 0.6) is 11.5 Å². The second-order valence-electron chi connectivity index (χ2n) is 6.84. The fraction of sp³-hybridized carbons (Fsp3) is 0.333. The Hall–Kier alpha value is -3.06. The molecule has 1 fully saturated rings. The standard InChI is InChI=1S/C21H26N4O3/c22-21(27)23-19(15-20(26)24-25-12-5-2-6-13-25)16-8-7-11-18(14-16)28-17-9-3-1-4-10-17/h1,3-4,7-11,14,19H,2,5-6,12-13,15H2,(H,24,26)(H3,22,23,27)/t19-/m0/s1. The number of urea groups is 1. The quantitative estimate of drug-likeness (QED) is 0.685. The number of hydrogen-bond donors (Lipinski definition) is 3. The van der Waals surface area contributed by atoms with E-state index in [0.29, 0.717) is 11.5 Å². The van der Waals surface area contributed by atoms with Crippen LogP contribution >= 0.6 is 0 Å². The first-order valence-corrected chi connectivity index (χ1v) is 9.53. The highest BCUT2D eigenvalue weighted by Gasteiger charge is 2.20. The maximum Gasteiger partial charge on any atom is 0.312 e. The van der Waals surface area contributed by atoms with Gasteiger partial charge in [-0.2, -0.15) is 0 Å². The number of nitrogens with zero attached hydrogens (tertiary/aromatic N) is 1. The van der Waals surface area contributed by atoms with E-state index in [9.17, 15) is 9.59 Å². The molecule has 1 aliphatic rings. The van der Waals surface area contributed by atoms with E-state index in [2.05, 4.69) is 10.7 Å². The molecule has 0 spiro atoms. The average Bonchev–Trinajstić information content (AvgIpc) is 2.69. The van der Waals surface area contributed by atoms with Gasteiger partial charge in [-0.3, -0.25) is 10.2 Å². The Morgan fingerprint density at radius 1 is 1.00 bits per heavy atom. The normalized spacial score (nSPS) is 15.4. The van der Waals surface area contributed by atoms with Gasteiger partial charge >= 0.3 is 6.03 Å². The first-order valence-electron chi connectivity index (χ1n) is 9.53. The van der Waals surface area contributed by atoms with Crippen LogP contribution in [-0.2, 0) is 4.79 Å². The van der Waals surface area contributed by atoms with Crippen molar-refractivity contribution in [3.05, 3.63) is 60.2 Å². The third-order valence-corrected chi connectivity index (χ3v) is 4.58.